The molecule has 0 N–H and O–H groups in total. The van der Waals surface area contributed by atoms with Gasteiger partial charge in [-0.25, -0.2) is 0 Å². The summed E-state index contributed by atoms with van der Waals surface area (Å²) >= 11 is 0. The Hall–Kier alpha value is -8.40. The van der Waals surface area contributed by atoms with Crippen molar-refractivity contribution in [2.75, 3.05) is 4.90 Å². The molecule has 0 aliphatic rings. The molecule has 0 radical (unpaired) electrons. The third-order valence-corrected chi connectivity index (χ3v) is 12.4. The lowest BCUT2D eigenvalue weighted by molar-refractivity contribution is 0.670. The highest BCUT2D eigenvalue weighted by atomic mass is 16.3. The van der Waals surface area contributed by atoms with Crippen LogP contribution in [-0.4, -0.2) is 4.57 Å². The van der Waals surface area contributed by atoms with Crippen molar-refractivity contribution < 1.29 is 4.42 Å². The van der Waals surface area contributed by atoms with Crippen LogP contribution in [0.25, 0.3) is 93.9 Å². The average molecular weight is 805 g/mol. The Morgan fingerprint density at radius 3 is 1.63 bits per heavy atom. The number of rotatable bonds is 8. The predicted molar refractivity (Wildman–Crippen MR) is 264 cm³/mol. The SMILES string of the molecule is c1ccc(-c2cccc(N(c3ccc(-c4cccc(-n5c6ccccc6c6ccccc65)c4)cc3)c3ccccc3-c3cccc4oc5c(-c6ccccc6)cccc5c34)c2)cc1. The number of anilines is 3. The van der Waals surface area contributed by atoms with Crippen LogP contribution in [-0.2, 0) is 0 Å². The van der Waals surface area contributed by atoms with Crippen LogP contribution in [0, 0.1) is 0 Å². The molecular formula is C60H40N2O. The Kier molecular flexibility index (Phi) is 8.83. The van der Waals surface area contributed by atoms with Crippen LogP contribution in [0.3, 0.4) is 0 Å². The highest BCUT2D eigenvalue weighted by Gasteiger charge is 2.22. The van der Waals surface area contributed by atoms with Crippen molar-refractivity contribution in [2.24, 2.45) is 0 Å². The molecule has 3 heteroatoms. The highest BCUT2D eigenvalue weighted by Crippen LogP contribution is 2.46. The maximum atomic E-state index is 6.75. The molecule has 0 fully saturated rings. The van der Waals surface area contributed by atoms with E-state index in [0.29, 0.717) is 0 Å². The second-order valence-electron chi connectivity index (χ2n) is 16.1. The first-order chi connectivity index (χ1) is 31.3. The van der Waals surface area contributed by atoms with E-state index >= 15 is 0 Å². The number of nitrogens with zero attached hydrogens (tertiary/aromatic N) is 2. The van der Waals surface area contributed by atoms with Gasteiger partial charge in [-0.2, -0.15) is 0 Å². The van der Waals surface area contributed by atoms with E-state index in [1.165, 1.54) is 27.4 Å². The summed E-state index contributed by atoms with van der Waals surface area (Å²) < 4.78 is 9.13. The third-order valence-electron chi connectivity index (χ3n) is 12.4. The maximum absolute atomic E-state index is 6.75. The van der Waals surface area contributed by atoms with Crippen LogP contribution in [0.1, 0.15) is 0 Å². The van der Waals surface area contributed by atoms with E-state index in [4.69, 9.17) is 4.42 Å². The lowest BCUT2D eigenvalue weighted by atomic mass is 9.95. The smallest absolute Gasteiger partial charge is 0.143 e. The van der Waals surface area contributed by atoms with Crippen molar-refractivity contribution in [1.82, 2.24) is 4.57 Å². The average Bonchev–Trinajstić information content (AvgIpc) is 3.92. The molecule has 0 amide bonds. The van der Waals surface area contributed by atoms with Crippen molar-refractivity contribution in [3.8, 4) is 50.2 Å². The number of hydrogen-bond acceptors (Lipinski definition) is 2. The topological polar surface area (TPSA) is 21.3 Å². The van der Waals surface area contributed by atoms with Gasteiger partial charge >= 0.3 is 0 Å². The summed E-state index contributed by atoms with van der Waals surface area (Å²) in [6, 6.07) is 87.0. The summed E-state index contributed by atoms with van der Waals surface area (Å²) in [5.41, 5.74) is 17.6. The number of aromatic nitrogens is 1. The largest absolute Gasteiger partial charge is 0.455 e. The Balaban J connectivity index is 1.01. The van der Waals surface area contributed by atoms with Gasteiger partial charge in [0.25, 0.3) is 0 Å². The van der Waals surface area contributed by atoms with Gasteiger partial charge in [0.1, 0.15) is 11.2 Å². The summed E-state index contributed by atoms with van der Waals surface area (Å²) in [6.45, 7) is 0. The third kappa shape index (κ3) is 6.29. The van der Waals surface area contributed by atoms with Crippen LogP contribution in [0.4, 0.5) is 17.1 Å². The van der Waals surface area contributed by atoms with Crippen molar-refractivity contribution in [2.45, 2.75) is 0 Å². The van der Waals surface area contributed by atoms with Gasteiger partial charge in [0.15, 0.2) is 0 Å². The highest BCUT2D eigenvalue weighted by molar-refractivity contribution is 6.16. The van der Waals surface area contributed by atoms with Gasteiger partial charge in [0.05, 0.1) is 16.7 Å². The van der Waals surface area contributed by atoms with E-state index in [9.17, 15) is 0 Å². The van der Waals surface area contributed by atoms with E-state index in [2.05, 4.69) is 252 Å². The Bertz CT molecular complexity index is 3570. The molecule has 12 rings (SSSR count). The number of furan rings is 1. The van der Waals surface area contributed by atoms with Crippen LogP contribution >= 0.6 is 0 Å². The van der Waals surface area contributed by atoms with Gasteiger partial charge in [0.2, 0.25) is 0 Å². The van der Waals surface area contributed by atoms with Crippen LogP contribution in [0.5, 0.6) is 0 Å². The van der Waals surface area contributed by atoms with E-state index < -0.39 is 0 Å². The summed E-state index contributed by atoms with van der Waals surface area (Å²) in [7, 11) is 0. The van der Waals surface area contributed by atoms with Gasteiger partial charge in [-0.15, -0.1) is 0 Å². The second kappa shape index (κ2) is 15.3. The summed E-state index contributed by atoms with van der Waals surface area (Å²) in [6.07, 6.45) is 0. The van der Waals surface area contributed by atoms with Crippen molar-refractivity contribution >= 4 is 60.8 Å². The Labute approximate surface area is 366 Å². The molecule has 0 saturated heterocycles. The first-order valence-electron chi connectivity index (χ1n) is 21.5. The van der Waals surface area contributed by atoms with Gasteiger partial charge < -0.3 is 13.9 Å². The van der Waals surface area contributed by atoms with Crippen LogP contribution in [0.15, 0.2) is 247 Å². The molecule has 0 saturated carbocycles. The first-order valence-corrected chi connectivity index (χ1v) is 21.5. The molecule has 2 aromatic heterocycles. The van der Waals surface area contributed by atoms with E-state index in [-0.39, 0.29) is 0 Å². The minimum Gasteiger partial charge on any atom is -0.455 e. The molecule has 12 aromatic rings. The molecule has 0 bridgehead atoms. The lowest BCUT2D eigenvalue weighted by Gasteiger charge is -2.28. The fourth-order valence-electron chi connectivity index (χ4n) is 9.52. The molecule has 2 heterocycles. The first kappa shape index (κ1) is 36.5. The molecule has 63 heavy (non-hydrogen) atoms. The van der Waals surface area contributed by atoms with Crippen LogP contribution in [0.2, 0.25) is 0 Å². The number of para-hydroxylation sites is 4. The standard InChI is InChI=1S/C60H40N2O/c1-3-17-41(18-4-1)44-21-13-23-47(39-44)61(46-37-35-42(36-38-46)45-22-14-24-48(40-45)62-56-32-11-7-25-50(56)51-26-8-12-33-57(51)62)55-31-10-9-27-52(55)53-29-16-34-58-59(53)54-30-15-28-49(60(54)63-58)43-19-5-2-6-20-43/h1-40H. The zero-order valence-electron chi connectivity index (χ0n) is 34.4. The molecule has 0 aliphatic carbocycles. The van der Waals surface area contributed by atoms with E-state index in [1.807, 2.05) is 0 Å². The fraction of sp³-hybridized carbons (Fsp3) is 0. The minimum absolute atomic E-state index is 0.866. The number of benzene rings is 10. The van der Waals surface area contributed by atoms with Gasteiger partial charge in [-0.05, 0) is 94.0 Å². The molecular weight excluding hydrogens is 765 g/mol. The van der Waals surface area contributed by atoms with Gasteiger partial charge in [0, 0.05) is 49.7 Å². The van der Waals surface area contributed by atoms with E-state index in [0.717, 1.165) is 83.6 Å². The zero-order valence-corrected chi connectivity index (χ0v) is 34.4. The Morgan fingerprint density at radius 1 is 0.333 bits per heavy atom. The quantitative estimate of drug-likeness (QED) is 0.153. The molecule has 296 valence electrons. The molecule has 0 atom stereocenters. The molecule has 0 unspecified atom stereocenters. The molecule has 3 nitrogen and oxygen atoms in total. The van der Waals surface area contributed by atoms with E-state index in [1.54, 1.807) is 0 Å². The van der Waals surface area contributed by atoms with Gasteiger partial charge in [-0.3, -0.25) is 0 Å². The molecule has 0 aliphatic heterocycles. The summed E-state index contributed by atoms with van der Waals surface area (Å²) in [4.78, 5) is 2.40. The summed E-state index contributed by atoms with van der Waals surface area (Å²) in [5, 5.41) is 4.72. The normalized spacial score (nSPS) is 11.5. The summed E-state index contributed by atoms with van der Waals surface area (Å²) in [5.74, 6) is 0. The minimum atomic E-state index is 0.866. The fourth-order valence-corrected chi connectivity index (χ4v) is 9.52. The lowest BCUT2D eigenvalue weighted by Crippen LogP contribution is -2.11. The van der Waals surface area contributed by atoms with Crippen LogP contribution < -0.4 is 4.90 Å². The zero-order chi connectivity index (χ0) is 41.7. The Morgan fingerprint density at radius 2 is 0.873 bits per heavy atom. The van der Waals surface area contributed by atoms with Crippen molar-refractivity contribution in [3.05, 3.63) is 243 Å². The maximum Gasteiger partial charge on any atom is 0.143 e. The second-order valence-corrected chi connectivity index (χ2v) is 16.1. The van der Waals surface area contributed by atoms with Crippen molar-refractivity contribution in [1.29, 1.82) is 0 Å². The molecule has 0 spiro atoms. The number of hydrogen-bond donors (Lipinski definition) is 0. The number of fused-ring (bicyclic) bond motifs is 6. The van der Waals surface area contributed by atoms with Gasteiger partial charge in [-0.1, -0.05) is 182 Å². The predicted octanol–water partition coefficient (Wildman–Crippen LogP) is 16.8. The monoisotopic (exact) mass is 804 g/mol. The molecule has 10 aromatic carbocycles. The van der Waals surface area contributed by atoms with Crippen molar-refractivity contribution in [3.63, 3.8) is 0 Å².